The number of benzene rings is 3. The van der Waals surface area contributed by atoms with Gasteiger partial charge in [0.15, 0.2) is 0 Å². The van der Waals surface area contributed by atoms with Crippen LogP contribution >= 0.6 is 0 Å². The van der Waals surface area contributed by atoms with Gasteiger partial charge in [-0.1, -0.05) is 48.5 Å². The summed E-state index contributed by atoms with van der Waals surface area (Å²) in [6.45, 7) is 0. The third kappa shape index (κ3) is 5.89. The summed E-state index contributed by atoms with van der Waals surface area (Å²) < 4.78 is 65.4. The molecule has 1 heterocycles. The van der Waals surface area contributed by atoms with Crippen LogP contribution in [0.3, 0.4) is 0 Å². The second kappa shape index (κ2) is 9.82. The summed E-state index contributed by atoms with van der Waals surface area (Å²) in [5.41, 5.74) is 0.488. The number of anilines is 1. The maximum absolute atomic E-state index is 13.3. The van der Waals surface area contributed by atoms with E-state index in [4.69, 9.17) is 9.52 Å². The van der Waals surface area contributed by atoms with Gasteiger partial charge in [-0.15, -0.1) is 0 Å². The molecule has 2 N–H and O–H groups in total. The molecule has 0 aliphatic heterocycles. The second-order valence-corrected chi connectivity index (χ2v) is 10.1. The number of hydrogen-bond acceptors (Lipinski definition) is 5. The minimum absolute atomic E-state index is 0.162. The maximum Gasteiger partial charge on any atom is 0.417 e. The predicted molar refractivity (Wildman–Crippen MR) is 131 cm³/mol. The van der Waals surface area contributed by atoms with Crippen molar-refractivity contribution in [1.82, 2.24) is 4.98 Å². The molecule has 1 unspecified atom stereocenters. The van der Waals surface area contributed by atoms with Gasteiger partial charge in [0.2, 0.25) is 5.88 Å². The van der Waals surface area contributed by atoms with Crippen molar-refractivity contribution < 1.29 is 26.9 Å². The van der Waals surface area contributed by atoms with Crippen molar-refractivity contribution in [3.05, 3.63) is 102 Å². The summed E-state index contributed by atoms with van der Waals surface area (Å²) in [5.74, 6) is -0.948. The number of pyridine rings is 1. The third-order valence-electron chi connectivity index (χ3n) is 5.14. The van der Waals surface area contributed by atoms with E-state index < -0.39 is 32.9 Å². The van der Waals surface area contributed by atoms with Crippen LogP contribution in [0.1, 0.15) is 15.9 Å². The third-order valence-corrected chi connectivity index (χ3v) is 6.29. The molecule has 0 spiro atoms. The fraction of sp³-hybridized carbons (Fsp3) is 0.0769. The Labute approximate surface area is 205 Å². The lowest BCUT2D eigenvalue weighted by Gasteiger charge is -2.14. The predicted octanol–water partition coefficient (Wildman–Crippen LogP) is 6.85. The minimum Gasteiger partial charge on any atom is -0.438 e. The van der Waals surface area contributed by atoms with Crippen molar-refractivity contribution in [3.63, 3.8) is 0 Å². The quantitative estimate of drug-likeness (QED) is 0.296. The normalized spacial score (nSPS) is 13.0. The number of nitrogens with one attached hydrogen (secondary N) is 2. The lowest BCUT2D eigenvalue weighted by atomic mass is 10.1. The number of alkyl halides is 3. The van der Waals surface area contributed by atoms with Gasteiger partial charge in [0.1, 0.15) is 11.3 Å². The van der Waals surface area contributed by atoms with E-state index in [-0.39, 0.29) is 22.2 Å². The number of halogens is 3. The van der Waals surface area contributed by atoms with E-state index in [0.717, 1.165) is 11.1 Å². The van der Waals surface area contributed by atoms with E-state index in [1.54, 1.807) is 24.3 Å². The molecule has 1 aromatic heterocycles. The van der Waals surface area contributed by atoms with E-state index in [1.807, 2.05) is 30.3 Å². The highest BCUT2D eigenvalue weighted by Gasteiger charge is 2.33. The zero-order valence-corrected chi connectivity index (χ0v) is 19.7. The van der Waals surface area contributed by atoms with Gasteiger partial charge in [0, 0.05) is 23.0 Å². The Morgan fingerprint density at radius 1 is 0.944 bits per heavy atom. The Morgan fingerprint density at radius 2 is 1.61 bits per heavy atom. The molecule has 1 amide bonds. The Kier molecular flexibility index (Phi) is 6.80. The lowest BCUT2D eigenvalue weighted by Crippen LogP contribution is -2.16. The van der Waals surface area contributed by atoms with Gasteiger partial charge >= 0.3 is 6.18 Å². The summed E-state index contributed by atoms with van der Waals surface area (Å²) in [6.07, 6.45) is -2.91. The summed E-state index contributed by atoms with van der Waals surface area (Å²) >= 11 is 0. The number of carbonyl (C=O) groups is 1. The molecule has 6 nitrogen and oxygen atoms in total. The summed E-state index contributed by atoms with van der Waals surface area (Å²) in [5, 5.41) is 2.47. The Morgan fingerprint density at radius 3 is 2.25 bits per heavy atom. The average Bonchev–Trinajstić information content (AvgIpc) is 2.84. The maximum atomic E-state index is 13.3. The van der Waals surface area contributed by atoms with Gasteiger partial charge in [-0.2, -0.15) is 13.2 Å². The first-order chi connectivity index (χ1) is 17.0. The highest BCUT2D eigenvalue weighted by atomic mass is 32.2. The molecule has 0 aliphatic carbocycles. The van der Waals surface area contributed by atoms with Gasteiger partial charge < -0.3 is 10.1 Å². The fourth-order valence-electron chi connectivity index (χ4n) is 3.32. The molecule has 4 rings (SSSR count). The van der Waals surface area contributed by atoms with Crippen molar-refractivity contribution in [2.75, 3.05) is 11.6 Å². The van der Waals surface area contributed by atoms with Crippen LogP contribution in [0.25, 0.3) is 11.1 Å². The number of ether oxygens (including phenoxy) is 1. The number of nitrogens with zero attached hydrogens (tertiary/aromatic N) is 1. The number of rotatable bonds is 6. The molecule has 0 saturated carbocycles. The SMILES string of the molecule is CS(=N)(=O)c1cccc(NC(=O)c2cc(C(F)(F)F)cnc2Oc2ccc(-c3ccccc3)cc2)c1. The Hall–Kier alpha value is -4.18. The molecule has 10 heteroatoms. The molecular formula is C26H20F3N3O3S. The van der Waals surface area contributed by atoms with Crippen LogP contribution in [0.4, 0.5) is 18.9 Å². The topological polar surface area (TPSA) is 92.1 Å². The fourth-order valence-corrected chi connectivity index (χ4v) is 4.01. The molecule has 0 saturated heterocycles. The molecule has 0 radical (unpaired) electrons. The summed E-state index contributed by atoms with van der Waals surface area (Å²) in [6, 6.07) is 22.8. The lowest BCUT2D eigenvalue weighted by molar-refractivity contribution is -0.137. The second-order valence-electron chi connectivity index (χ2n) is 7.89. The molecule has 4 aromatic rings. The van der Waals surface area contributed by atoms with Crippen LogP contribution < -0.4 is 10.1 Å². The van der Waals surface area contributed by atoms with Crippen LogP contribution in [0, 0.1) is 4.78 Å². The van der Waals surface area contributed by atoms with Gasteiger partial charge in [0.25, 0.3) is 5.91 Å². The van der Waals surface area contributed by atoms with Crippen LogP contribution in [0.2, 0.25) is 0 Å². The largest absolute Gasteiger partial charge is 0.438 e. The van der Waals surface area contributed by atoms with E-state index in [2.05, 4.69) is 10.3 Å². The summed E-state index contributed by atoms with van der Waals surface area (Å²) in [4.78, 5) is 16.9. The first kappa shape index (κ1) is 24.9. The zero-order valence-electron chi connectivity index (χ0n) is 18.9. The number of aromatic nitrogens is 1. The highest BCUT2D eigenvalue weighted by Crippen LogP contribution is 2.33. The smallest absolute Gasteiger partial charge is 0.417 e. The van der Waals surface area contributed by atoms with E-state index in [0.29, 0.717) is 12.3 Å². The molecule has 36 heavy (non-hydrogen) atoms. The van der Waals surface area contributed by atoms with Crippen LogP contribution in [0.5, 0.6) is 11.6 Å². The van der Waals surface area contributed by atoms with Crippen molar-refractivity contribution in [2.24, 2.45) is 0 Å². The van der Waals surface area contributed by atoms with Gasteiger partial charge in [-0.3, -0.25) is 4.79 Å². The van der Waals surface area contributed by atoms with Crippen LogP contribution in [-0.4, -0.2) is 21.4 Å². The van der Waals surface area contributed by atoms with Crippen molar-refractivity contribution >= 4 is 21.3 Å². The van der Waals surface area contributed by atoms with E-state index in [1.165, 1.54) is 30.5 Å². The van der Waals surface area contributed by atoms with E-state index >= 15 is 0 Å². The van der Waals surface area contributed by atoms with Crippen LogP contribution in [-0.2, 0) is 15.9 Å². The molecule has 3 aromatic carbocycles. The molecule has 0 aliphatic rings. The zero-order chi connectivity index (χ0) is 25.9. The monoisotopic (exact) mass is 511 g/mol. The molecular weight excluding hydrogens is 491 g/mol. The number of amides is 1. The number of hydrogen-bond donors (Lipinski definition) is 2. The molecule has 184 valence electrons. The first-order valence-electron chi connectivity index (χ1n) is 10.6. The molecule has 1 atom stereocenters. The first-order valence-corrected chi connectivity index (χ1v) is 12.5. The van der Waals surface area contributed by atoms with Crippen LogP contribution in [0.15, 0.2) is 96.0 Å². The summed E-state index contributed by atoms with van der Waals surface area (Å²) in [7, 11) is -3.06. The minimum atomic E-state index is -4.73. The van der Waals surface area contributed by atoms with Crippen molar-refractivity contribution in [1.29, 1.82) is 4.78 Å². The number of carbonyl (C=O) groups excluding carboxylic acids is 1. The van der Waals surface area contributed by atoms with Gasteiger partial charge in [0.05, 0.1) is 15.3 Å². The Balaban J connectivity index is 1.65. The average molecular weight is 512 g/mol. The highest BCUT2D eigenvalue weighted by molar-refractivity contribution is 7.91. The van der Waals surface area contributed by atoms with Crippen molar-refractivity contribution in [3.8, 4) is 22.8 Å². The van der Waals surface area contributed by atoms with Gasteiger partial charge in [-0.05, 0) is 47.5 Å². The van der Waals surface area contributed by atoms with E-state index in [9.17, 15) is 22.2 Å². The van der Waals surface area contributed by atoms with Crippen molar-refractivity contribution in [2.45, 2.75) is 11.1 Å². The standard InChI is InChI=1S/C26H20F3N3O3S/c1-36(30,34)22-9-5-8-20(15-22)32-24(33)23-14-19(26(27,28)29)16-31-25(23)35-21-12-10-18(11-13-21)17-6-3-2-4-7-17/h2-16,30H,1H3,(H,32,33). The Bertz CT molecular complexity index is 1510. The van der Waals surface area contributed by atoms with Gasteiger partial charge in [-0.25, -0.2) is 14.0 Å². The molecule has 0 bridgehead atoms. The molecule has 0 fully saturated rings.